The van der Waals surface area contributed by atoms with Gasteiger partial charge in [-0.15, -0.1) is 11.3 Å². The zero-order chi connectivity index (χ0) is 14.5. The smallest absolute Gasteiger partial charge is 0.228 e. The van der Waals surface area contributed by atoms with Gasteiger partial charge >= 0.3 is 0 Å². The first kappa shape index (κ1) is 15.0. The van der Waals surface area contributed by atoms with Crippen molar-refractivity contribution < 1.29 is 4.79 Å². The van der Waals surface area contributed by atoms with E-state index in [1.807, 2.05) is 38.1 Å². The van der Waals surface area contributed by atoms with Crippen molar-refractivity contribution >= 4 is 34.0 Å². The molecule has 1 aromatic carbocycles. The first-order chi connectivity index (χ1) is 9.58. The summed E-state index contributed by atoms with van der Waals surface area (Å²) in [5.74, 6) is 0.0337. The fourth-order valence-electron chi connectivity index (χ4n) is 1.71. The average Bonchev–Trinajstić information content (AvgIpc) is 2.85. The predicted molar refractivity (Wildman–Crippen MR) is 84.5 cm³/mol. The molecule has 3 nitrogen and oxygen atoms in total. The monoisotopic (exact) mass is 308 g/mol. The molecule has 1 aromatic heterocycles. The minimum Gasteiger partial charge on any atom is -0.302 e. The topological polar surface area (TPSA) is 42.0 Å². The van der Waals surface area contributed by atoms with Crippen LogP contribution < -0.4 is 5.32 Å². The van der Waals surface area contributed by atoms with Gasteiger partial charge < -0.3 is 5.32 Å². The Hall–Kier alpha value is -1.39. The minimum atomic E-state index is 0.00952. The van der Waals surface area contributed by atoms with Crippen LogP contribution in [0.5, 0.6) is 0 Å². The number of thiazole rings is 1. The summed E-state index contributed by atoms with van der Waals surface area (Å²) < 4.78 is 0. The largest absolute Gasteiger partial charge is 0.302 e. The molecule has 0 saturated heterocycles. The van der Waals surface area contributed by atoms with Crippen LogP contribution in [0.15, 0.2) is 30.5 Å². The summed E-state index contributed by atoms with van der Waals surface area (Å²) in [6.45, 7) is 3.91. The quantitative estimate of drug-likeness (QED) is 0.891. The van der Waals surface area contributed by atoms with E-state index in [-0.39, 0.29) is 11.8 Å². The van der Waals surface area contributed by atoms with Crippen molar-refractivity contribution in [1.29, 1.82) is 0 Å². The van der Waals surface area contributed by atoms with Gasteiger partial charge in [0, 0.05) is 28.4 Å². The predicted octanol–water partition coefficient (Wildman–Crippen LogP) is 4.37. The molecular formula is C15H17ClN2OS. The van der Waals surface area contributed by atoms with Gasteiger partial charge in [0.15, 0.2) is 5.13 Å². The van der Waals surface area contributed by atoms with E-state index in [0.29, 0.717) is 5.13 Å². The van der Waals surface area contributed by atoms with Crippen molar-refractivity contribution in [1.82, 2.24) is 4.98 Å². The van der Waals surface area contributed by atoms with Crippen LogP contribution in [0, 0.1) is 5.92 Å². The van der Waals surface area contributed by atoms with Gasteiger partial charge in [0.1, 0.15) is 0 Å². The highest BCUT2D eigenvalue weighted by molar-refractivity contribution is 7.15. The Morgan fingerprint density at radius 2 is 2.30 bits per heavy atom. The number of carbonyl (C=O) groups is 1. The second-order valence-electron chi connectivity index (χ2n) is 4.74. The van der Waals surface area contributed by atoms with Crippen LogP contribution in [-0.2, 0) is 11.2 Å². The molecule has 0 aliphatic heterocycles. The van der Waals surface area contributed by atoms with Crippen LogP contribution in [0.3, 0.4) is 0 Å². The van der Waals surface area contributed by atoms with E-state index in [2.05, 4.69) is 10.3 Å². The molecule has 0 fully saturated rings. The Labute approximate surface area is 128 Å². The summed E-state index contributed by atoms with van der Waals surface area (Å²) in [4.78, 5) is 17.1. The molecule has 106 valence electrons. The number of nitrogens with one attached hydrogen (secondary N) is 1. The number of rotatable bonds is 5. The molecule has 2 aromatic rings. The number of anilines is 1. The summed E-state index contributed by atoms with van der Waals surface area (Å²) in [6, 6.07) is 7.77. The normalized spacial score (nSPS) is 12.2. The van der Waals surface area contributed by atoms with Gasteiger partial charge in [-0.2, -0.15) is 0 Å². The molecule has 1 amide bonds. The lowest BCUT2D eigenvalue weighted by Crippen LogP contribution is -2.19. The Balaban J connectivity index is 2.00. The standard InChI is InChI=1S/C15H17ClN2OS/c1-3-10(2)14(19)18-15-17-9-13(20-15)8-11-5-4-6-12(16)7-11/h4-7,9-10H,3,8H2,1-2H3,(H,17,18,19). The second-order valence-corrected chi connectivity index (χ2v) is 6.29. The van der Waals surface area contributed by atoms with Crippen molar-refractivity contribution in [3.8, 4) is 0 Å². The number of carbonyl (C=O) groups excluding carboxylic acids is 1. The SMILES string of the molecule is CCC(C)C(=O)Nc1ncc(Cc2cccc(Cl)c2)s1. The van der Waals surface area contributed by atoms with Gasteiger partial charge in [-0.05, 0) is 24.1 Å². The summed E-state index contributed by atoms with van der Waals surface area (Å²) in [5, 5.41) is 4.25. The van der Waals surface area contributed by atoms with E-state index in [9.17, 15) is 4.79 Å². The zero-order valence-electron chi connectivity index (χ0n) is 11.5. The molecule has 0 aliphatic rings. The summed E-state index contributed by atoms with van der Waals surface area (Å²) >= 11 is 7.47. The van der Waals surface area contributed by atoms with Crippen molar-refractivity contribution in [2.75, 3.05) is 5.32 Å². The molecule has 5 heteroatoms. The van der Waals surface area contributed by atoms with Crippen molar-refractivity contribution in [3.63, 3.8) is 0 Å². The molecule has 0 spiro atoms. The number of nitrogens with zero attached hydrogens (tertiary/aromatic N) is 1. The molecule has 0 radical (unpaired) electrons. The fourth-order valence-corrected chi connectivity index (χ4v) is 2.77. The van der Waals surface area contributed by atoms with Crippen molar-refractivity contribution in [2.45, 2.75) is 26.7 Å². The first-order valence-electron chi connectivity index (χ1n) is 6.58. The molecular weight excluding hydrogens is 292 g/mol. The van der Waals surface area contributed by atoms with Crippen LogP contribution in [0.2, 0.25) is 5.02 Å². The van der Waals surface area contributed by atoms with Gasteiger partial charge in [0.25, 0.3) is 0 Å². The van der Waals surface area contributed by atoms with E-state index in [4.69, 9.17) is 11.6 Å². The third-order valence-electron chi connectivity index (χ3n) is 3.11. The third kappa shape index (κ3) is 4.05. The van der Waals surface area contributed by atoms with Gasteiger partial charge in [-0.3, -0.25) is 4.79 Å². The summed E-state index contributed by atoms with van der Waals surface area (Å²) in [6.07, 6.45) is 3.40. The molecule has 20 heavy (non-hydrogen) atoms. The molecule has 0 bridgehead atoms. The zero-order valence-corrected chi connectivity index (χ0v) is 13.1. The maximum atomic E-state index is 11.8. The van der Waals surface area contributed by atoms with Crippen molar-refractivity contribution in [3.05, 3.63) is 45.9 Å². The molecule has 1 N–H and O–H groups in total. The Bertz CT molecular complexity index is 597. The summed E-state index contributed by atoms with van der Waals surface area (Å²) in [7, 11) is 0. The Kier molecular flexibility index (Phi) is 5.15. The van der Waals surface area contributed by atoms with Crippen LogP contribution in [0.4, 0.5) is 5.13 Å². The second kappa shape index (κ2) is 6.86. The molecule has 0 saturated carbocycles. The van der Waals surface area contributed by atoms with E-state index in [0.717, 1.165) is 28.3 Å². The Morgan fingerprint density at radius 3 is 3.00 bits per heavy atom. The van der Waals surface area contributed by atoms with Crippen LogP contribution in [0.25, 0.3) is 0 Å². The van der Waals surface area contributed by atoms with Crippen LogP contribution >= 0.6 is 22.9 Å². The number of amides is 1. The van der Waals surface area contributed by atoms with E-state index < -0.39 is 0 Å². The highest BCUT2D eigenvalue weighted by atomic mass is 35.5. The van der Waals surface area contributed by atoms with Crippen LogP contribution in [0.1, 0.15) is 30.7 Å². The lowest BCUT2D eigenvalue weighted by Gasteiger charge is -2.06. The highest BCUT2D eigenvalue weighted by Crippen LogP contribution is 2.23. The molecule has 1 heterocycles. The van der Waals surface area contributed by atoms with E-state index in [1.54, 1.807) is 6.20 Å². The lowest BCUT2D eigenvalue weighted by molar-refractivity contribution is -0.119. The fraction of sp³-hybridized carbons (Fsp3) is 0.333. The van der Waals surface area contributed by atoms with Gasteiger partial charge in [-0.1, -0.05) is 37.6 Å². The number of aromatic nitrogens is 1. The lowest BCUT2D eigenvalue weighted by atomic mass is 10.1. The number of benzene rings is 1. The van der Waals surface area contributed by atoms with Gasteiger partial charge in [-0.25, -0.2) is 4.98 Å². The molecule has 1 unspecified atom stereocenters. The van der Waals surface area contributed by atoms with E-state index in [1.165, 1.54) is 11.3 Å². The van der Waals surface area contributed by atoms with Crippen LogP contribution in [-0.4, -0.2) is 10.9 Å². The molecule has 1 atom stereocenters. The average molecular weight is 309 g/mol. The minimum absolute atomic E-state index is 0.00952. The Morgan fingerprint density at radius 1 is 1.50 bits per heavy atom. The highest BCUT2D eigenvalue weighted by Gasteiger charge is 2.12. The van der Waals surface area contributed by atoms with Gasteiger partial charge in [0.05, 0.1) is 0 Å². The number of halogens is 1. The number of hydrogen-bond donors (Lipinski definition) is 1. The van der Waals surface area contributed by atoms with Gasteiger partial charge in [0.2, 0.25) is 5.91 Å². The number of hydrogen-bond acceptors (Lipinski definition) is 3. The molecule has 0 aliphatic carbocycles. The third-order valence-corrected chi connectivity index (χ3v) is 4.26. The van der Waals surface area contributed by atoms with Crippen molar-refractivity contribution in [2.24, 2.45) is 5.92 Å². The molecule has 2 rings (SSSR count). The maximum Gasteiger partial charge on any atom is 0.228 e. The summed E-state index contributed by atoms with van der Waals surface area (Å²) in [5.41, 5.74) is 1.14. The first-order valence-corrected chi connectivity index (χ1v) is 7.78. The maximum absolute atomic E-state index is 11.8. The van der Waals surface area contributed by atoms with E-state index >= 15 is 0 Å².